The van der Waals surface area contributed by atoms with Crippen LogP contribution in [0.5, 0.6) is 5.75 Å². The van der Waals surface area contributed by atoms with E-state index in [1.54, 1.807) is 0 Å². The lowest BCUT2D eigenvalue weighted by molar-refractivity contribution is 0.365. The molecular formula is C22H21NO. The van der Waals surface area contributed by atoms with Crippen molar-refractivity contribution in [3.05, 3.63) is 76.5 Å². The zero-order chi connectivity index (χ0) is 16.7. The molecule has 1 aliphatic heterocycles. The van der Waals surface area contributed by atoms with E-state index in [-0.39, 0.29) is 0 Å². The molecule has 1 aromatic heterocycles. The van der Waals surface area contributed by atoms with Crippen molar-refractivity contribution in [1.82, 2.24) is 4.98 Å². The fourth-order valence-corrected chi connectivity index (χ4v) is 3.13. The van der Waals surface area contributed by atoms with Gasteiger partial charge in [-0.3, -0.25) is 0 Å². The molecule has 2 aromatic carbocycles. The topological polar surface area (TPSA) is 25.0 Å². The minimum atomic E-state index is 0.601. The average Bonchev–Trinajstić information content (AvgIpc) is 3.09. The van der Waals surface area contributed by atoms with Crippen LogP contribution >= 0.6 is 0 Å². The number of ether oxygens (including phenoxy) is 1. The van der Waals surface area contributed by atoms with Crippen LogP contribution < -0.4 is 4.74 Å². The lowest BCUT2D eigenvalue weighted by Gasteiger charge is -2.20. The number of hydrogen-bond acceptors (Lipinski definition) is 1. The monoisotopic (exact) mass is 315 g/mol. The van der Waals surface area contributed by atoms with Gasteiger partial charge in [0.2, 0.25) is 0 Å². The molecular weight excluding hydrogens is 294 g/mol. The third kappa shape index (κ3) is 2.54. The smallest absolute Gasteiger partial charge is 0.127 e. The molecule has 0 radical (unpaired) electrons. The minimum absolute atomic E-state index is 0.601. The number of aromatic nitrogens is 1. The number of nitrogens with one attached hydrogen (secondary N) is 1. The van der Waals surface area contributed by atoms with Crippen LogP contribution in [-0.2, 0) is 0 Å². The van der Waals surface area contributed by atoms with Gasteiger partial charge in [0, 0.05) is 22.5 Å². The van der Waals surface area contributed by atoms with Gasteiger partial charge in [-0.15, -0.1) is 0 Å². The lowest BCUT2D eigenvalue weighted by atomic mass is 9.98. The standard InChI is InChI=1S/C22H21NO/c1-14-4-7-17(8-5-14)20-9-10-21(23-20)18-12-19-16(3)15(2)6-11-22(19)24-13-18/h4-12,23H,13H2,1-3H3. The number of hydrogen-bond donors (Lipinski definition) is 1. The third-order valence-corrected chi connectivity index (χ3v) is 4.84. The Balaban J connectivity index is 1.71. The van der Waals surface area contributed by atoms with Crippen molar-refractivity contribution in [2.24, 2.45) is 0 Å². The molecule has 1 N–H and O–H groups in total. The van der Waals surface area contributed by atoms with Gasteiger partial charge in [-0.1, -0.05) is 35.9 Å². The fourth-order valence-electron chi connectivity index (χ4n) is 3.13. The number of aromatic amines is 1. The normalized spacial score (nSPS) is 13.2. The van der Waals surface area contributed by atoms with Gasteiger partial charge in [-0.2, -0.15) is 0 Å². The van der Waals surface area contributed by atoms with Gasteiger partial charge in [0.1, 0.15) is 12.4 Å². The van der Waals surface area contributed by atoms with Gasteiger partial charge in [-0.05, 0) is 61.7 Å². The van der Waals surface area contributed by atoms with E-state index in [0.717, 1.165) is 17.1 Å². The van der Waals surface area contributed by atoms with Crippen LogP contribution in [0, 0.1) is 20.8 Å². The first-order valence-electron chi connectivity index (χ1n) is 8.32. The summed E-state index contributed by atoms with van der Waals surface area (Å²) in [4.78, 5) is 3.54. The summed E-state index contributed by atoms with van der Waals surface area (Å²) in [6.07, 6.45) is 2.26. The number of aryl methyl sites for hydroxylation is 2. The summed E-state index contributed by atoms with van der Waals surface area (Å²) in [7, 11) is 0. The highest BCUT2D eigenvalue weighted by Gasteiger charge is 2.16. The van der Waals surface area contributed by atoms with E-state index < -0.39 is 0 Å². The molecule has 0 saturated carbocycles. The van der Waals surface area contributed by atoms with Crippen molar-refractivity contribution in [3.8, 4) is 17.0 Å². The summed E-state index contributed by atoms with van der Waals surface area (Å²) in [6, 6.07) is 17.1. The van der Waals surface area contributed by atoms with E-state index in [1.165, 1.54) is 33.4 Å². The Kier molecular flexibility index (Phi) is 3.53. The van der Waals surface area contributed by atoms with Crippen molar-refractivity contribution >= 4 is 11.6 Å². The van der Waals surface area contributed by atoms with Crippen LogP contribution in [0.4, 0.5) is 0 Å². The van der Waals surface area contributed by atoms with Gasteiger partial charge in [0.05, 0.1) is 0 Å². The Hall–Kier alpha value is -2.74. The predicted molar refractivity (Wildman–Crippen MR) is 100 cm³/mol. The highest BCUT2D eigenvalue weighted by Crippen LogP contribution is 2.34. The molecule has 0 fully saturated rings. The number of H-pyrrole nitrogens is 1. The predicted octanol–water partition coefficient (Wildman–Crippen LogP) is 5.54. The summed E-state index contributed by atoms with van der Waals surface area (Å²) >= 11 is 0. The van der Waals surface area contributed by atoms with Crippen molar-refractivity contribution in [2.75, 3.05) is 6.61 Å². The largest absolute Gasteiger partial charge is 0.488 e. The molecule has 3 aromatic rings. The summed E-state index contributed by atoms with van der Waals surface area (Å²) in [5.41, 5.74) is 9.71. The molecule has 0 unspecified atom stereocenters. The van der Waals surface area contributed by atoms with Crippen molar-refractivity contribution in [1.29, 1.82) is 0 Å². The molecule has 0 bridgehead atoms. The van der Waals surface area contributed by atoms with E-state index in [0.29, 0.717) is 6.61 Å². The maximum atomic E-state index is 5.97. The van der Waals surface area contributed by atoms with Gasteiger partial charge in [0.15, 0.2) is 0 Å². The minimum Gasteiger partial charge on any atom is -0.488 e. The lowest BCUT2D eigenvalue weighted by Crippen LogP contribution is -2.08. The zero-order valence-electron chi connectivity index (χ0n) is 14.3. The van der Waals surface area contributed by atoms with E-state index in [1.807, 2.05) is 0 Å². The van der Waals surface area contributed by atoms with E-state index in [2.05, 4.69) is 80.4 Å². The van der Waals surface area contributed by atoms with Gasteiger partial charge in [-0.25, -0.2) is 0 Å². The molecule has 0 saturated heterocycles. The SMILES string of the molecule is Cc1ccc(-c2ccc(C3=Cc4c(ccc(C)c4C)OC3)[nH]2)cc1. The molecule has 1 aliphatic rings. The molecule has 0 spiro atoms. The first-order valence-corrected chi connectivity index (χ1v) is 8.32. The molecule has 2 heteroatoms. The van der Waals surface area contributed by atoms with E-state index in [4.69, 9.17) is 4.74 Å². The first-order chi connectivity index (χ1) is 11.6. The van der Waals surface area contributed by atoms with Crippen LogP contribution in [0.25, 0.3) is 22.9 Å². The zero-order valence-corrected chi connectivity index (χ0v) is 14.3. The molecule has 120 valence electrons. The molecule has 0 aliphatic carbocycles. The highest BCUT2D eigenvalue weighted by atomic mass is 16.5. The molecule has 24 heavy (non-hydrogen) atoms. The van der Waals surface area contributed by atoms with Gasteiger partial charge < -0.3 is 9.72 Å². The second kappa shape index (κ2) is 5.72. The van der Waals surface area contributed by atoms with Crippen LogP contribution in [0.15, 0.2) is 48.5 Å². The van der Waals surface area contributed by atoms with Gasteiger partial charge in [0.25, 0.3) is 0 Å². The highest BCUT2D eigenvalue weighted by molar-refractivity contribution is 5.86. The van der Waals surface area contributed by atoms with Crippen LogP contribution in [0.2, 0.25) is 0 Å². The number of fused-ring (bicyclic) bond motifs is 1. The Labute approximate surface area is 142 Å². The first kappa shape index (κ1) is 14.8. The Morgan fingerprint density at radius 1 is 0.833 bits per heavy atom. The van der Waals surface area contributed by atoms with Crippen molar-refractivity contribution in [3.63, 3.8) is 0 Å². The van der Waals surface area contributed by atoms with Crippen LogP contribution in [-0.4, -0.2) is 11.6 Å². The Bertz CT molecular complexity index is 929. The average molecular weight is 315 g/mol. The Morgan fingerprint density at radius 2 is 1.58 bits per heavy atom. The molecule has 0 amide bonds. The number of benzene rings is 2. The summed E-state index contributed by atoms with van der Waals surface area (Å²) in [6.45, 7) is 7.00. The van der Waals surface area contributed by atoms with Crippen molar-refractivity contribution in [2.45, 2.75) is 20.8 Å². The quantitative estimate of drug-likeness (QED) is 0.660. The maximum Gasteiger partial charge on any atom is 0.127 e. The van der Waals surface area contributed by atoms with Crippen LogP contribution in [0.1, 0.15) is 27.9 Å². The third-order valence-electron chi connectivity index (χ3n) is 4.84. The molecule has 2 nitrogen and oxygen atoms in total. The molecule has 0 atom stereocenters. The van der Waals surface area contributed by atoms with Crippen LogP contribution in [0.3, 0.4) is 0 Å². The maximum absolute atomic E-state index is 5.97. The van der Waals surface area contributed by atoms with E-state index >= 15 is 0 Å². The summed E-state index contributed by atoms with van der Waals surface area (Å²) in [5.74, 6) is 0.979. The fraction of sp³-hybridized carbons (Fsp3) is 0.182. The van der Waals surface area contributed by atoms with Crippen molar-refractivity contribution < 1.29 is 4.74 Å². The van der Waals surface area contributed by atoms with E-state index in [9.17, 15) is 0 Å². The second-order valence-corrected chi connectivity index (χ2v) is 6.53. The van der Waals surface area contributed by atoms with Gasteiger partial charge >= 0.3 is 0 Å². The summed E-state index contributed by atoms with van der Waals surface area (Å²) in [5, 5.41) is 0. The molecule has 2 heterocycles. The second-order valence-electron chi connectivity index (χ2n) is 6.53. The summed E-state index contributed by atoms with van der Waals surface area (Å²) < 4.78 is 5.97. The Morgan fingerprint density at radius 3 is 2.38 bits per heavy atom. The number of rotatable bonds is 2. The molecule has 4 rings (SSSR count).